The van der Waals surface area contributed by atoms with Gasteiger partial charge in [-0.05, 0) is 69.4 Å². The van der Waals surface area contributed by atoms with Gasteiger partial charge in [0.1, 0.15) is 5.92 Å². The zero-order valence-electron chi connectivity index (χ0n) is 36.1. The molecule has 3 aliphatic rings. The van der Waals surface area contributed by atoms with E-state index >= 15 is 0 Å². The van der Waals surface area contributed by atoms with Crippen LogP contribution in [0.25, 0.3) is 22.1 Å². The van der Waals surface area contributed by atoms with Gasteiger partial charge >= 0.3 is 5.97 Å². The summed E-state index contributed by atoms with van der Waals surface area (Å²) in [5.74, 6) is -2.31. The minimum Gasteiger partial charge on any atom is -0.468 e. The lowest BCUT2D eigenvalue weighted by atomic mass is 9.84. The summed E-state index contributed by atoms with van der Waals surface area (Å²) in [5, 5.41) is 5.99. The molecule has 0 radical (unpaired) electrons. The fraction of sp³-hybridized carbons (Fsp3) is 0.533. The van der Waals surface area contributed by atoms with E-state index in [1.54, 1.807) is 6.92 Å². The molecule has 8 bridgehead atoms. The summed E-state index contributed by atoms with van der Waals surface area (Å²) in [6, 6.07) is 5.66. The van der Waals surface area contributed by atoms with Gasteiger partial charge in [0, 0.05) is 100 Å². The van der Waals surface area contributed by atoms with E-state index in [-0.39, 0.29) is 59.5 Å². The Balaban J connectivity index is 1.45. The number of carbonyl (C=O) groups is 5. The van der Waals surface area contributed by atoms with Crippen molar-refractivity contribution < 1.29 is 33.2 Å². The van der Waals surface area contributed by atoms with Crippen LogP contribution >= 0.6 is 12.6 Å². The molecule has 13 nitrogen and oxygen atoms in total. The van der Waals surface area contributed by atoms with E-state index in [1.807, 2.05) is 60.1 Å². The number of rotatable bonds is 14. The molecule has 0 fully saturated rings. The van der Waals surface area contributed by atoms with Crippen molar-refractivity contribution in [1.82, 2.24) is 30.6 Å². The summed E-state index contributed by atoms with van der Waals surface area (Å²) in [7, 11) is 7.23. The molecular formula is C45H60N7O6S+. The van der Waals surface area contributed by atoms with Crippen molar-refractivity contribution in [1.29, 1.82) is 0 Å². The number of amides is 2. The summed E-state index contributed by atoms with van der Waals surface area (Å²) in [6.45, 7) is 12.6. The first-order valence-corrected chi connectivity index (χ1v) is 21.4. The van der Waals surface area contributed by atoms with E-state index in [0.717, 1.165) is 34.4 Å². The van der Waals surface area contributed by atoms with E-state index in [4.69, 9.17) is 14.7 Å². The molecule has 2 unspecified atom stereocenters. The van der Waals surface area contributed by atoms with Gasteiger partial charge in [0.2, 0.25) is 5.91 Å². The summed E-state index contributed by atoms with van der Waals surface area (Å²) in [4.78, 5) is 84.8. The third-order valence-electron chi connectivity index (χ3n) is 12.7. The number of aromatic nitrogens is 4. The molecule has 3 aromatic rings. The fourth-order valence-corrected chi connectivity index (χ4v) is 9.51. The lowest BCUT2D eigenvalue weighted by Gasteiger charge is -2.33. The molecule has 14 heteroatoms. The predicted molar refractivity (Wildman–Crippen MR) is 232 cm³/mol. The smallest absolute Gasteiger partial charge is 0.321 e. The van der Waals surface area contributed by atoms with Crippen LogP contribution in [0.15, 0.2) is 18.2 Å². The van der Waals surface area contributed by atoms with E-state index in [1.165, 1.54) is 7.11 Å². The van der Waals surface area contributed by atoms with E-state index in [9.17, 15) is 24.0 Å². The van der Waals surface area contributed by atoms with Crippen molar-refractivity contribution >= 4 is 64.0 Å². The topological polar surface area (TPSA) is 176 Å². The van der Waals surface area contributed by atoms with Crippen LogP contribution in [0.5, 0.6) is 0 Å². The average Bonchev–Trinajstić information content (AvgIpc) is 3.92. The molecule has 0 saturated heterocycles. The number of Topliss-reactive ketones (excluding diaryl/α,β-unsaturated/α-hetero) is 2. The van der Waals surface area contributed by atoms with Gasteiger partial charge in [-0.2, -0.15) is 12.6 Å². The Bertz CT molecular complexity index is 2360. The molecule has 4 N–H and O–H groups in total. The molecule has 316 valence electrons. The Morgan fingerprint density at radius 1 is 0.898 bits per heavy atom. The second kappa shape index (κ2) is 17.4. The van der Waals surface area contributed by atoms with Crippen molar-refractivity contribution in [3.8, 4) is 0 Å². The summed E-state index contributed by atoms with van der Waals surface area (Å²) < 4.78 is 5.72. The zero-order chi connectivity index (χ0) is 43.1. The number of esters is 1. The van der Waals surface area contributed by atoms with Gasteiger partial charge in [0.25, 0.3) is 5.91 Å². The number of nitrogens with zero attached hydrogens (tertiary/aromatic N) is 3. The number of ether oxygens (including phenoxy) is 1. The number of methoxy groups -OCH3 is 1. The van der Waals surface area contributed by atoms with Gasteiger partial charge in [-0.25, -0.2) is 0 Å². The van der Waals surface area contributed by atoms with E-state index < -0.39 is 11.9 Å². The number of carbonyl (C=O) groups excluding carboxylic acids is 5. The Morgan fingerprint density at radius 3 is 2.19 bits per heavy atom. The van der Waals surface area contributed by atoms with Gasteiger partial charge in [-0.15, -0.1) is 0 Å². The van der Waals surface area contributed by atoms with Gasteiger partial charge in [0.15, 0.2) is 17.6 Å². The molecule has 5 heterocycles. The standard InChI is InChI=1S/C45H59N7O6S/c1-11-27-22(2)29-21-34-37(26(6)53)24(4)31(49-34)19-30-23(3)28(14-15-36(54)46-16-12-13-35(52(7,8)9)44(56)47-17-18-59)41(50-30)39-40(45(57)58-10)43(55)38-25(5)32(51-42(38)39)20-33(27)48-29/h19-23,27-28,35,40,49,51H,11-18H2,1-10H3,(H2-,46,47,54,56,59)/p+1/t22-,23+,27-,28+,35?,40?/m0/s1. The highest BCUT2D eigenvalue weighted by Gasteiger charge is 2.45. The first-order valence-electron chi connectivity index (χ1n) is 20.8. The van der Waals surface area contributed by atoms with Crippen LogP contribution in [-0.4, -0.2) is 107 Å². The molecule has 3 aromatic heterocycles. The Morgan fingerprint density at radius 2 is 1.54 bits per heavy atom. The molecule has 0 aromatic carbocycles. The second-order valence-electron chi connectivity index (χ2n) is 17.3. The van der Waals surface area contributed by atoms with Crippen molar-refractivity contribution in [3.63, 3.8) is 0 Å². The Labute approximate surface area is 351 Å². The van der Waals surface area contributed by atoms with Crippen LogP contribution in [0.1, 0.15) is 150 Å². The molecular weight excluding hydrogens is 767 g/mol. The number of likely N-dealkylation sites (N-methyl/N-ethyl adjacent to an activating group) is 1. The van der Waals surface area contributed by atoms with Gasteiger partial charge in [-0.1, -0.05) is 20.8 Å². The highest BCUT2D eigenvalue weighted by Crippen LogP contribution is 2.48. The number of thiol groups is 1. The number of aryl methyl sites for hydroxylation is 2. The predicted octanol–water partition coefficient (Wildman–Crippen LogP) is 6.57. The highest BCUT2D eigenvalue weighted by molar-refractivity contribution is 7.80. The van der Waals surface area contributed by atoms with Crippen LogP contribution in [0.2, 0.25) is 0 Å². The largest absolute Gasteiger partial charge is 0.468 e. The quantitative estimate of drug-likeness (QED) is 0.0303. The third kappa shape index (κ3) is 8.35. The number of hydrogen-bond donors (Lipinski definition) is 5. The first kappa shape index (κ1) is 43.8. The van der Waals surface area contributed by atoms with Crippen LogP contribution in [-0.2, 0) is 19.1 Å². The molecule has 2 amide bonds. The fourth-order valence-electron chi connectivity index (χ4n) is 9.40. The zero-order valence-corrected chi connectivity index (χ0v) is 37.0. The molecule has 2 aliphatic heterocycles. The maximum absolute atomic E-state index is 14.4. The van der Waals surface area contributed by atoms with E-state index in [0.29, 0.717) is 87.3 Å². The molecule has 0 spiro atoms. The number of H-pyrrole nitrogens is 2. The van der Waals surface area contributed by atoms with Crippen LogP contribution < -0.4 is 10.6 Å². The minimum atomic E-state index is -1.22. The van der Waals surface area contributed by atoms with Gasteiger partial charge < -0.3 is 29.8 Å². The van der Waals surface area contributed by atoms with Gasteiger partial charge in [-0.3, -0.25) is 33.9 Å². The molecule has 0 saturated carbocycles. The number of aromatic amines is 2. The van der Waals surface area contributed by atoms with Crippen molar-refractivity contribution in [2.45, 2.75) is 109 Å². The first-order chi connectivity index (χ1) is 27.9. The normalized spacial score (nSPS) is 20.4. The Hall–Kier alpha value is -4.82. The summed E-state index contributed by atoms with van der Waals surface area (Å²) in [5.41, 5.74) is 8.69. The van der Waals surface area contributed by atoms with Crippen molar-refractivity contribution in [2.24, 2.45) is 0 Å². The van der Waals surface area contributed by atoms with Crippen molar-refractivity contribution in [2.75, 3.05) is 47.1 Å². The van der Waals surface area contributed by atoms with Crippen molar-refractivity contribution in [3.05, 3.63) is 68.8 Å². The van der Waals surface area contributed by atoms with E-state index in [2.05, 4.69) is 47.1 Å². The molecule has 6 atom stereocenters. The molecule has 6 rings (SSSR count). The SMILES string of the molecule is CC[C@@H]1c2cc3[nH]c4c(c3C)C(=O)C(C(=O)OC)c4c3nc(cc4[nH]c(cc(n2)[C@H]1C)c(C(C)=O)c4C)[C@H](C)[C@H]3CCC(=O)NCCCC(C(=O)NCCS)[N+](C)(C)C. The third-order valence-corrected chi connectivity index (χ3v) is 13.0. The second-order valence-corrected chi connectivity index (χ2v) is 17.8. The lowest BCUT2D eigenvalue weighted by molar-refractivity contribution is -0.886. The maximum atomic E-state index is 14.4. The monoisotopic (exact) mass is 826 g/mol. The number of fused-ring (bicyclic) bond motifs is 8. The number of nitrogens with one attached hydrogen (secondary N) is 4. The molecule has 1 aliphatic carbocycles. The van der Waals surface area contributed by atoms with Crippen LogP contribution in [0, 0.1) is 13.8 Å². The lowest BCUT2D eigenvalue weighted by Crippen LogP contribution is -2.54. The van der Waals surface area contributed by atoms with Crippen LogP contribution in [0.4, 0.5) is 0 Å². The number of ketones is 2. The number of quaternary nitrogens is 1. The minimum absolute atomic E-state index is 0.0314. The highest BCUT2D eigenvalue weighted by atomic mass is 32.1. The van der Waals surface area contributed by atoms with Gasteiger partial charge in [0.05, 0.1) is 45.0 Å². The maximum Gasteiger partial charge on any atom is 0.321 e. The average molecular weight is 827 g/mol. The van der Waals surface area contributed by atoms with Crippen LogP contribution in [0.3, 0.4) is 0 Å². The number of hydrogen-bond acceptors (Lipinski definition) is 9. The molecule has 59 heavy (non-hydrogen) atoms. The Kier molecular flexibility index (Phi) is 12.9. The summed E-state index contributed by atoms with van der Waals surface area (Å²) in [6.07, 6.45) is 2.62. The summed E-state index contributed by atoms with van der Waals surface area (Å²) >= 11 is 4.21.